The summed E-state index contributed by atoms with van der Waals surface area (Å²) in [5.74, 6) is 0.622. The van der Waals surface area contributed by atoms with E-state index in [0.717, 1.165) is 6.07 Å². The Labute approximate surface area is 194 Å². The maximum Gasteiger partial charge on any atom is 0.324 e. The molecule has 3 aromatic heterocycles. The highest BCUT2D eigenvalue weighted by Gasteiger charge is 2.20. The highest BCUT2D eigenvalue weighted by molar-refractivity contribution is 5.99. The summed E-state index contributed by atoms with van der Waals surface area (Å²) in [4.78, 5) is 24.6. The highest BCUT2D eigenvalue weighted by atomic mass is 19.1. The number of amides is 2. The molecule has 176 valence electrons. The summed E-state index contributed by atoms with van der Waals surface area (Å²) < 4.78 is 31.1. The van der Waals surface area contributed by atoms with E-state index >= 15 is 0 Å². The molecule has 3 heterocycles. The summed E-state index contributed by atoms with van der Waals surface area (Å²) in [7, 11) is 0. The number of benzene rings is 1. The molecule has 2 N–H and O–H groups in total. The molecule has 34 heavy (non-hydrogen) atoms. The van der Waals surface area contributed by atoms with Gasteiger partial charge in [-0.25, -0.2) is 24.1 Å². The molecule has 0 saturated carbocycles. The summed E-state index contributed by atoms with van der Waals surface area (Å²) in [5, 5.41) is 9.43. The Kier molecular flexibility index (Phi) is 6.26. The van der Waals surface area contributed by atoms with E-state index in [4.69, 9.17) is 14.0 Å². The van der Waals surface area contributed by atoms with Gasteiger partial charge in [0.05, 0.1) is 23.7 Å². The van der Waals surface area contributed by atoms with Crippen LogP contribution < -0.4 is 20.1 Å². The van der Waals surface area contributed by atoms with Crippen LogP contribution in [0.1, 0.15) is 33.5 Å². The SMILES string of the molecule is CCOc1cc2c(Oc3ccc(NC(=O)Nc4cc(C(C)(C)C)on4)cc3F)ncnc2cn1. The van der Waals surface area contributed by atoms with E-state index in [9.17, 15) is 9.18 Å². The van der Waals surface area contributed by atoms with Gasteiger partial charge in [-0.1, -0.05) is 25.9 Å². The predicted octanol–water partition coefficient (Wildman–Crippen LogP) is 5.28. The fourth-order valence-electron chi connectivity index (χ4n) is 2.96. The molecule has 0 bridgehead atoms. The average Bonchev–Trinajstić information content (AvgIpc) is 3.25. The molecular weight excluding hydrogens is 443 g/mol. The first-order valence-electron chi connectivity index (χ1n) is 10.5. The molecule has 4 aromatic rings. The number of fused-ring (bicyclic) bond motifs is 1. The second-order valence-corrected chi connectivity index (χ2v) is 8.30. The third kappa shape index (κ3) is 5.20. The molecule has 4 rings (SSSR count). The Morgan fingerprint density at radius 2 is 1.94 bits per heavy atom. The number of pyridine rings is 1. The topological polar surface area (TPSA) is 124 Å². The Morgan fingerprint density at radius 3 is 2.65 bits per heavy atom. The maximum absolute atomic E-state index is 14.7. The van der Waals surface area contributed by atoms with E-state index in [-0.39, 0.29) is 28.5 Å². The number of rotatable bonds is 6. The first-order valence-corrected chi connectivity index (χ1v) is 10.5. The van der Waals surface area contributed by atoms with E-state index in [1.807, 2.05) is 27.7 Å². The van der Waals surface area contributed by atoms with Crippen molar-refractivity contribution >= 4 is 28.4 Å². The molecular formula is C23H23FN6O4. The average molecular weight is 466 g/mol. The van der Waals surface area contributed by atoms with Gasteiger partial charge in [0.25, 0.3) is 0 Å². The Morgan fingerprint density at radius 1 is 1.12 bits per heavy atom. The molecule has 11 heteroatoms. The van der Waals surface area contributed by atoms with E-state index in [2.05, 4.69) is 30.7 Å². The Bertz CT molecular complexity index is 1330. The van der Waals surface area contributed by atoms with E-state index < -0.39 is 11.8 Å². The molecule has 0 aliphatic heterocycles. The van der Waals surface area contributed by atoms with Crippen molar-refractivity contribution in [2.45, 2.75) is 33.1 Å². The molecule has 2 amide bonds. The van der Waals surface area contributed by atoms with E-state index in [1.54, 1.807) is 12.1 Å². The van der Waals surface area contributed by atoms with Gasteiger partial charge in [-0.3, -0.25) is 5.32 Å². The number of anilines is 2. The number of nitrogens with zero attached hydrogens (tertiary/aromatic N) is 4. The van der Waals surface area contributed by atoms with Crippen molar-refractivity contribution in [1.29, 1.82) is 0 Å². The van der Waals surface area contributed by atoms with Crippen LogP contribution in [-0.4, -0.2) is 32.7 Å². The number of nitrogens with one attached hydrogen (secondary N) is 2. The second-order valence-electron chi connectivity index (χ2n) is 8.30. The first-order chi connectivity index (χ1) is 16.2. The monoisotopic (exact) mass is 466 g/mol. The van der Waals surface area contributed by atoms with E-state index in [1.165, 1.54) is 24.7 Å². The van der Waals surface area contributed by atoms with E-state index in [0.29, 0.717) is 29.2 Å². The second kappa shape index (κ2) is 9.30. The molecule has 0 spiro atoms. The molecule has 0 fully saturated rings. The van der Waals surface area contributed by atoms with Gasteiger partial charge in [-0.2, -0.15) is 0 Å². The Balaban J connectivity index is 1.47. The predicted molar refractivity (Wildman–Crippen MR) is 123 cm³/mol. The van der Waals surface area contributed by atoms with Crippen molar-refractivity contribution in [2.75, 3.05) is 17.2 Å². The van der Waals surface area contributed by atoms with Crippen LogP contribution in [-0.2, 0) is 5.41 Å². The summed E-state index contributed by atoms with van der Waals surface area (Å²) in [5.41, 5.74) is 0.488. The van der Waals surface area contributed by atoms with Gasteiger partial charge in [-0.15, -0.1) is 0 Å². The zero-order valence-corrected chi connectivity index (χ0v) is 19.0. The van der Waals surface area contributed by atoms with Gasteiger partial charge in [0, 0.05) is 29.3 Å². The molecule has 0 aliphatic rings. The lowest BCUT2D eigenvalue weighted by atomic mass is 9.93. The minimum absolute atomic E-state index is 0.0768. The number of aromatic nitrogens is 4. The lowest BCUT2D eigenvalue weighted by Gasteiger charge is -2.12. The number of halogens is 1. The van der Waals surface area contributed by atoms with Crippen LogP contribution in [0.5, 0.6) is 17.5 Å². The van der Waals surface area contributed by atoms with Gasteiger partial charge in [-0.05, 0) is 19.1 Å². The Hall–Kier alpha value is -4.28. The van der Waals surface area contributed by atoms with Crippen LogP contribution in [0.2, 0.25) is 0 Å². The molecule has 0 aliphatic carbocycles. The number of ether oxygens (including phenoxy) is 2. The highest BCUT2D eigenvalue weighted by Crippen LogP contribution is 2.31. The lowest BCUT2D eigenvalue weighted by Crippen LogP contribution is -2.19. The molecule has 10 nitrogen and oxygen atoms in total. The van der Waals surface area contributed by atoms with Crippen LogP contribution in [0.15, 0.2) is 47.4 Å². The van der Waals surface area contributed by atoms with Crippen LogP contribution in [0, 0.1) is 5.82 Å². The number of urea groups is 1. The third-order valence-electron chi connectivity index (χ3n) is 4.64. The number of carbonyl (C=O) groups excluding carboxylic acids is 1. The van der Waals surface area contributed by atoms with Gasteiger partial charge in [0.1, 0.15) is 12.1 Å². The van der Waals surface area contributed by atoms with Crippen LogP contribution in [0.4, 0.5) is 20.7 Å². The summed E-state index contributed by atoms with van der Waals surface area (Å²) in [6, 6.07) is 6.68. The zero-order valence-electron chi connectivity index (χ0n) is 19.0. The quantitative estimate of drug-likeness (QED) is 0.393. The summed E-state index contributed by atoms with van der Waals surface area (Å²) in [6.45, 7) is 8.16. The van der Waals surface area contributed by atoms with Crippen LogP contribution in [0.25, 0.3) is 10.9 Å². The number of hydrogen-bond acceptors (Lipinski definition) is 8. The molecule has 0 radical (unpaired) electrons. The molecule has 1 aromatic carbocycles. The normalized spacial score (nSPS) is 11.3. The number of carbonyl (C=O) groups is 1. The fourth-order valence-corrected chi connectivity index (χ4v) is 2.96. The zero-order chi connectivity index (χ0) is 24.3. The largest absolute Gasteiger partial charge is 0.478 e. The van der Waals surface area contributed by atoms with Crippen LogP contribution in [0.3, 0.4) is 0 Å². The van der Waals surface area contributed by atoms with Gasteiger partial charge >= 0.3 is 6.03 Å². The van der Waals surface area contributed by atoms with Crippen molar-refractivity contribution in [3.05, 3.63) is 54.4 Å². The third-order valence-corrected chi connectivity index (χ3v) is 4.64. The van der Waals surface area contributed by atoms with Crippen molar-refractivity contribution in [2.24, 2.45) is 0 Å². The first kappa shape index (κ1) is 22.9. The number of hydrogen-bond donors (Lipinski definition) is 2. The van der Waals surface area contributed by atoms with Crippen molar-refractivity contribution in [1.82, 2.24) is 20.1 Å². The smallest absolute Gasteiger partial charge is 0.324 e. The summed E-state index contributed by atoms with van der Waals surface area (Å²) in [6.07, 6.45) is 2.82. The minimum atomic E-state index is -0.694. The molecule has 0 saturated heterocycles. The van der Waals surface area contributed by atoms with Crippen molar-refractivity contribution in [3.8, 4) is 17.5 Å². The standard InChI is InChI=1S/C23H23FN6O4/c1-5-32-20-9-14-16(11-25-20)26-12-27-21(14)33-17-7-6-13(8-15(17)24)28-22(31)29-19-10-18(34-30-19)23(2,3)4/h6-12H,5H2,1-4H3,(H2,28,29,30,31). The van der Waals surface area contributed by atoms with Crippen molar-refractivity contribution in [3.63, 3.8) is 0 Å². The van der Waals surface area contributed by atoms with Crippen molar-refractivity contribution < 1.29 is 23.2 Å². The molecule has 0 atom stereocenters. The van der Waals surface area contributed by atoms with Crippen LogP contribution >= 0.6 is 0 Å². The molecule has 0 unspecified atom stereocenters. The van der Waals surface area contributed by atoms with Gasteiger partial charge < -0.3 is 19.3 Å². The lowest BCUT2D eigenvalue weighted by molar-refractivity contribution is 0.262. The maximum atomic E-state index is 14.7. The summed E-state index contributed by atoms with van der Waals surface area (Å²) >= 11 is 0. The van der Waals surface area contributed by atoms with Gasteiger partial charge in [0.15, 0.2) is 17.4 Å². The van der Waals surface area contributed by atoms with Gasteiger partial charge in [0.2, 0.25) is 11.8 Å². The minimum Gasteiger partial charge on any atom is -0.478 e. The fraction of sp³-hybridized carbons (Fsp3) is 0.261.